The Bertz CT molecular complexity index is 448. The van der Waals surface area contributed by atoms with Gasteiger partial charge in [-0.2, -0.15) is 0 Å². The number of urea groups is 1. The topological polar surface area (TPSA) is 69.6 Å². The second-order valence-corrected chi connectivity index (χ2v) is 4.87. The van der Waals surface area contributed by atoms with Crippen LogP contribution in [0.15, 0.2) is 24.3 Å². The van der Waals surface area contributed by atoms with Gasteiger partial charge in [-0.15, -0.1) is 0 Å². The number of hydrogen-bond donors (Lipinski definition) is 2. The fourth-order valence-electron chi connectivity index (χ4n) is 1.57. The lowest BCUT2D eigenvalue weighted by molar-refractivity contribution is -0.137. The Morgan fingerprint density at radius 2 is 1.95 bits per heavy atom. The van der Waals surface area contributed by atoms with Crippen molar-refractivity contribution in [1.82, 2.24) is 10.2 Å². The molecule has 1 aromatic rings. The molecule has 0 heterocycles. The summed E-state index contributed by atoms with van der Waals surface area (Å²) in [6.07, 6.45) is -0.0967. The number of hydrogen-bond acceptors (Lipinski definition) is 2. The van der Waals surface area contributed by atoms with Crippen LogP contribution in [0.3, 0.4) is 0 Å². The van der Waals surface area contributed by atoms with Crippen molar-refractivity contribution in [3.63, 3.8) is 0 Å². The maximum Gasteiger partial charge on any atom is 0.317 e. The van der Waals surface area contributed by atoms with E-state index in [2.05, 4.69) is 5.32 Å². The first-order valence-corrected chi connectivity index (χ1v) is 6.24. The van der Waals surface area contributed by atoms with Crippen molar-refractivity contribution in [2.75, 3.05) is 7.05 Å². The Hall–Kier alpha value is -1.75. The number of halogens is 1. The lowest BCUT2D eigenvalue weighted by atomic mass is 10.2. The van der Waals surface area contributed by atoms with Gasteiger partial charge in [0.25, 0.3) is 0 Å². The van der Waals surface area contributed by atoms with Crippen molar-refractivity contribution in [2.24, 2.45) is 0 Å². The van der Waals surface area contributed by atoms with Gasteiger partial charge in [0.05, 0.1) is 6.42 Å². The summed E-state index contributed by atoms with van der Waals surface area (Å²) >= 11 is 5.78. The normalized spacial score (nSPS) is 11.7. The number of amides is 2. The molecule has 1 aromatic carbocycles. The number of carbonyl (C=O) groups is 2. The van der Waals surface area contributed by atoms with Crippen LogP contribution in [0, 0.1) is 0 Å². The average molecular weight is 285 g/mol. The summed E-state index contributed by atoms with van der Waals surface area (Å²) in [5.41, 5.74) is 0.952. The van der Waals surface area contributed by atoms with Gasteiger partial charge in [0, 0.05) is 24.7 Å². The zero-order valence-electron chi connectivity index (χ0n) is 10.9. The predicted octanol–water partition coefficient (Wildman–Crippen LogP) is 2.34. The Morgan fingerprint density at radius 3 is 2.47 bits per heavy atom. The number of carboxylic acids is 1. The molecule has 1 unspecified atom stereocenters. The van der Waals surface area contributed by atoms with Gasteiger partial charge in [0.1, 0.15) is 0 Å². The summed E-state index contributed by atoms with van der Waals surface area (Å²) in [5, 5.41) is 11.9. The summed E-state index contributed by atoms with van der Waals surface area (Å²) in [7, 11) is 1.65. The van der Waals surface area contributed by atoms with E-state index in [9.17, 15) is 9.59 Å². The zero-order valence-corrected chi connectivity index (χ0v) is 11.6. The van der Waals surface area contributed by atoms with Crippen molar-refractivity contribution in [3.8, 4) is 0 Å². The Kier molecular flexibility index (Phi) is 5.63. The molecular formula is C13H17ClN2O3. The molecule has 2 N–H and O–H groups in total. The van der Waals surface area contributed by atoms with Crippen LogP contribution in [0.5, 0.6) is 0 Å². The summed E-state index contributed by atoms with van der Waals surface area (Å²) in [4.78, 5) is 23.8. The van der Waals surface area contributed by atoms with E-state index < -0.39 is 12.0 Å². The molecule has 2 amide bonds. The summed E-state index contributed by atoms with van der Waals surface area (Å²) < 4.78 is 0. The van der Waals surface area contributed by atoms with Gasteiger partial charge < -0.3 is 15.3 Å². The van der Waals surface area contributed by atoms with E-state index >= 15 is 0 Å². The Balaban J connectivity index is 2.48. The highest BCUT2D eigenvalue weighted by Gasteiger charge is 2.14. The quantitative estimate of drug-likeness (QED) is 0.872. The van der Waals surface area contributed by atoms with Crippen LogP contribution in [-0.2, 0) is 11.3 Å². The van der Waals surface area contributed by atoms with Crippen LogP contribution in [-0.4, -0.2) is 35.1 Å². The highest BCUT2D eigenvalue weighted by atomic mass is 35.5. The molecule has 0 aliphatic heterocycles. The molecule has 19 heavy (non-hydrogen) atoms. The number of aliphatic carboxylic acids is 1. The number of carbonyl (C=O) groups excluding carboxylic acids is 1. The van der Waals surface area contributed by atoms with E-state index in [0.29, 0.717) is 11.6 Å². The molecule has 0 aliphatic rings. The summed E-state index contributed by atoms with van der Waals surface area (Å²) in [6, 6.07) is 6.49. The molecule has 0 aliphatic carbocycles. The van der Waals surface area contributed by atoms with Crippen molar-refractivity contribution in [3.05, 3.63) is 34.9 Å². The van der Waals surface area contributed by atoms with E-state index in [1.54, 1.807) is 26.1 Å². The minimum atomic E-state index is -0.937. The highest BCUT2D eigenvalue weighted by molar-refractivity contribution is 6.30. The van der Waals surface area contributed by atoms with Gasteiger partial charge in [-0.1, -0.05) is 23.7 Å². The van der Waals surface area contributed by atoms with Gasteiger partial charge >= 0.3 is 12.0 Å². The van der Waals surface area contributed by atoms with Crippen LogP contribution in [0.2, 0.25) is 5.02 Å². The lowest BCUT2D eigenvalue weighted by Crippen LogP contribution is -2.42. The number of benzene rings is 1. The van der Waals surface area contributed by atoms with E-state index in [0.717, 1.165) is 5.56 Å². The molecule has 5 nitrogen and oxygen atoms in total. The van der Waals surface area contributed by atoms with E-state index in [4.69, 9.17) is 16.7 Å². The summed E-state index contributed by atoms with van der Waals surface area (Å²) in [5.74, 6) is -0.937. The van der Waals surface area contributed by atoms with Gasteiger partial charge in [-0.25, -0.2) is 4.79 Å². The molecule has 0 saturated carbocycles. The number of rotatable bonds is 5. The average Bonchev–Trinajstić information content (AvgIpc) is 2.30. The fourth-order valence-corrected chi connectivity index (χ4v) is 1.70. The molecule has 0 saturated heterocycles. The van der Waals surface area contributed by atoms with Crippen molar-refractivity contribution < 1.29 is 14.7 Å². The first-order chi connectivity index (χ1) is 8.88. The molecule has 0 aromatic heterocycles. The maximum absolute atomic E-state index is 11.8. The third kappa shape index (κ3) is 5.61. The SMILES string of the molecule is CC(CC(=O)O)NC(=O)N(C)Cc1ccc(Cl)cc1. The second kappa shape index (κ2) is 6.99. The summed E-state index contributed by atoms with van der Waals surface area (Å²) in [6.45, 7) is 2.09. The smallest absolute Gasteiger partial charge is 0.317 e. The highest BCUT2D eigenvalue weighted by Crippen LogP contribution is 2.11. The molecule has 6 heteroatoms. The maximum atomic E-state index is 11.8. The van der Waals surface area contributed by atoms with Crippen molar-refractivity contribution in [1.29, 1.82) is 0 Å². The predicted molar refractivity (Wildman–Crippen MR) is 73.2 cm³/mol. The van der Waals surface area contributed by atoms with Gasteiger partial charge in [-0.05, 0) is 24.6 Å². The van der Waals surface area contributed by atoms with E-state index in [-0.39, 0.29) is 12.5 Å². The molecule has 0 fully saturated rings. The molecule has 1 atom stereocenters. The Labute approximate surface area is 117 Å². The van der Waals surface area contributed by atoms with E-state index in [1.807, 2.05) is 12.1 Å². The standard InChI is InChI=1S/C13H17ClN2O3/c1-9(7-12(17)18)15-13(19)16(2)8-10-3-5-11(14)6-4-10/h3-6,9H,7-8H2,1-2H3,(H,15,19)(H,17,18). The van der Waals surface area contributed by atoms with Crippen LogP contribution in [0.25, 0.3) is 0 Å². The zero-order chi connectivity index (χ0) is 14.4. The third-order valence-electron chi connectivity index (χ3n) is 2.53. The first kappa shape index (κ1) is 15.3. The molecule has 1 rings (SSSR count). The van der Waals surface area contributed by atoms with Crippen LogP contribution in [0.1, 0.15) is 18.9 Å². The molecule has 0 bridgehead atoms. The van der Waals surface area contributed by atoms with Crippen molar-refractivity contribution >= 4 is 23.6 Å². The largest absolute Gasteiger partial charge is 0.481 e. The van der Waals surface area contributed by atoms with E-state index in [1.165, 1.54) is 4.90 Å². The molecule has 0 radical (unpaired) electrons. The second-order valence-electron chi connectivity index (χ2n) is 4.43. The minimum absolute atomic E-state index is 0.0967. The molecular weight excluding hydrogens is 268 g/mol. The van der Waals surface area contributed by atoms with Gasteiger partial charge in [0.2, 0.25) is 0 Å². The third-order valence-corrected chi connectivity index (χ3v) is 2.78. The van der Waals surface area contributed by atoms with Gasteiger partial charge in [0.15, 0.2) is 0 Å². The van der Waals surface area contributed by atoms with Crippen LogP contribution >= 0.6 is 11.6 Å². The van der Waals surface area contributed by atoms with Crippen molar-refractivity contribution in [2.45, 2.75) is 25.9 Å². The number of carboxylic acid groups (broad SMARTS) is 1. The monoisotopic (exact) mass is 284 g/mol. The van der Waals surface area contributed by atoms with Gasteiger partial charge in [-0.3, -0.25) is 4.79 Å². The number of nitrogens with one attached hydrogen (secondary N) is 1. The first-order valence-electron chi connectivity index (χ1n) is 5.86. The molecule has 104 valence electrons. The fraction of sp³-hybridized carbons (Fsp3) is 0.385. The number of nitrogens with zero attached hydrogens (tertiary/aromatic N) is 1. The minimum Gasteiger partial charge on any atom is -0.481 e. The van der Waals surface area contributed by atoms with Crippen LogP contribution < -0.4 is 5.32 Å². The van der Waals surface area contributed by atoms with Crippen LogP contribution in [0.4, 0.5) is 4.79 Å². The lowest BCUT2D eigenvalue weighted by Gasteiger charge is -2.20. The molecule has 0 spiro atoms. The Morgan fingerprint density at radius 1 is 1.37 bits per heavy atom.